The first-order valence-corrected chi connectivity index (χ1v) is 20.4. The fraction of sp³-hybridized carbons (Fsp3) is 0.379. The molecule has 2 aromatic rings. The first kappa shape index (κ1) is 28.6. The van der Waals surface area contributed by atoms with Gasteiger partial charge in [0.1, 0.15) is 0 Å². The van der Waals surface area contributed by atoms with Gasteiger partial charge in [0.05, 0.1) is 0 Å². The maximum absolute atomic E-state index is 2.71. The van der Waals surface area contributed by atoms with E-state index in [0.29, 0.717) is 9.54 Å². The van der Waals surface area contributed by atoms with Crippen LogP contribution in [-0.4, -0.2) is 5.43 Å². The van der Waals surface area contributed by atoms with E-state index in [9.17, 15) is 0 Å². The predicted molar refractivity (Wildman–Crippen MR) is 149 cm³/mol. The van der Waals surface area contributed by atoms with Gasteiger partial charge in [-0.2, -0.15) is 0 Å². The summed E-state index contributed by atoms with van der Waals surface area (Å²) in [6, 6.07) is 14.0. The summed E-state index contributed by atoms with van der Waals surface area (Å²) in [6.07, 6.45) is 2.71. The molecule has 4 rings (SSSR count). The van der Waals surface area contributed by atoms with Gasteiger partial charge in [-0.25, -0.2) is 0 Å². The van der Waals surface area contributed by atoms with Crippen molar-refractivity contribution >= 4 is 35.8 Å². The van der Waals surface area contributed by atoms with E-state index < -0.39 is 20.4 Å². The summed E-state index contributed by atoms with van der Waals surface area (Å²) in [4.78, 5) is 0. The minimum absolute atomic E-state index is 0. The van der Waals surface area contributed by atoms with Crippen LogP contribution in [0.25, 0.3) is 5.57 Å². The van der Waals surface area contributed by atoms with Gasteiger partial charge in [-0.3, -0.25) is 0 Å². The Morgan fingerprint density at radius 1 is 0.758 bits per heavy atom. The molecule has 4 heteroatoms. The maximum atomic E-state index is 2.71. The summed E-state index contributed by atoms with van der Waals surface area (Å²) < 4.78 is 2.58. The van der Waals surface area contributed by atoms with Gasteiger partial charge in [-0.05, 0) is 0 Å². The van der Waals surface area contributed by atoms with Gasteiger partial charge >= 0.3 is 198 Å². The van der Waals surface area contributed by atoms with Crippen molar-refractivity contribution in [1.82, 2.24) is 0 Å². The summed E-state index contributed by atoms with van der Waals surface area (Å²) in [5.74, 6) is 0.655. The van der Waals surface area contributed by atoms with Crippen LogP contribution in [0.3, 0.4) is 0 Å². The molecule has 0 saturated heterocycles. The van der Waals surface area contributed by atoms with Crippen molar-refractivity contribution in [2.45, 2.75) is 65.2 Å². The van der Waals surface area contributed by atoms with Crippen LogP contribution in [0.4, 0.5) is 0 Å². The summed E-state index contributed by atoms with van der Waals surface area (Å²) in [5.41, 5.74) is 14.8. The summed E-state index contributed by atoms with van der Waals surface area (Å²) in [5, 5.41) is 0. The Labute approximate surface area is 221 Å². The topological polar surface area (TPSA) is 0 Å². The number of halogens is 2. The summed E-state index contributed by atoms with van der Waals surface area (Å²) in [7, 11) is 0. The molecular weight excluding hydrogens is 539 g/mol. The molecule has 2 aliphatic carbocycles. The third-order valence-corrected chi connectivity index (χ3v) is 26.6. The molecular formula is C29H38Cl2SiZr. The molecule has 2 atom stereocenters. The molecule has 0 fully saturated rings. The molecule has 0 amide bonds. The van der Waals surface area contributed by atoms with Crippen molar-refractivity contribution in [1.29, 1.82) is 0 Å². The monoisotopic (exact) mass is 574 g/mol. The Kier molecular flexibility index (Phi) is 9.48. The molecule has 0 aromatic heterocycles. The predicted octanol–water partition coefficient (Wildman–Crippen LogP) is 9.07. The van der Waals surface area contributed by atoms with Crippen LogP contribution in [0.2, 0.25) is 13.1 Å². The van der Waals surface area contributed by atoms with Gasteiger partial charge in [-0.15, -0.1) is 24.8 Å². The SMILES string of the molecule is CC1=C(C)C(C)[C]([Zr]([CH]2C=C(c3ccc(C)c(C)c3C)c3ccccc32)=[Si](C)C)=C1C.Cl.Cl. The van der Waals surface area contributed by atoms with Crippen molar-refractivity contribution in [2.24, 2.45) is 5.92 Å². The second-order valence-corrected chi connectivity index (χ2v) is 27.3. The molecule has 0 saturated carbocycles. The molecule has 176 valence electrons. The van der Waals surface area contributed by atoms with Crippen LogP contribution in [0.5, 0.6) is 0 Å². The van der Waals surface area contributed by atoms with Gasteiger partial charge in [-0.1, -0.05) is 0 Å². The third kappa shape index (κ3) is 4.75. The largest absolute Gasteiger partial charge is 0.147 e. The molecule has 0 bridgehead atoms. The van der Waals surface area contributed by atoms with Crippen molar-refractivity contribution in [3.05, 3.63) is 95.9 Å². The van der Waals surface area contributed by atoms with Crippen LogP contribution < -0.4 is 0 Å². The van der Waals surface area contributed by atoms with Gasteiger partial charge in [0.25, 0.3) is 0 Å². The number of aryl methyl sites for hydroxylation is 1. The third-order valence-electron chi connectivity index (χ3n) is 8.05. The molecule has 0 aliphatic heterocycles. The van der Waals surface area contributed by atoms with Crippen LogP contribution in [0.1, 0.15) is 64.7 Å². The average molecular weight is 577 g/mol. The van der Waals surface area contributed by atoms with E-state index in [1.165, 1.54) is 33.4 Å². The fourth-order valence-corrected chi connectivity index (χ4v) is 25.3. The van der Waals surface area contributed by atoms with Crippen molar-refractivity contribution in [2.75, 3.05) is 0 Å². The molecule has 2 aliphatic rings. The average Bonchev–Trinajstić information content (AvgIpc) is 3.20. The second kappa shape index (κ2) is 10.9. The normalized spacial score (nSPS) is 19.1. The van der Waals surface area contributed by atoms with E-state index in [4.69, 9.17) is 0 Å². The van der Waals surface area contributed by atoms with E-state index in [-0.39, 0.29) is 30.2 Å². The smallest absolute Gasteiger partial charge is 0.147 e. The Balaban J connectivity index is 0.00000193. The van der Waals surface area contributed by atoms with Crippen molar-refractivity contribution < 1.29 is 20.4 Å². The fourth-order valence-electron chi connectivity index (χ4n) is 5.63. The quantitative estimate of drug-likeness (QED) is 0.320. The zero-order valence-corrected chi connectivity index (χ0v) is 26.6. The molecule has 2 unspecified atom stereocenters. The molecule has 0 N–H and O–H groups in total. The van der Waals surface area contributed by atoms with E-state index >= 15 is 0 Å². The molecule has 0 heterocycles. The number of allylic oxidation sites excluding steroid dienone is 5. The van der Waals surface area contributed by atoms with Crippen LogP contribution >= 0.6 is 24.8 Å². The summed E-state index contributed by atoms with van der Waals surface area (Å²) >= 11 is -1.93. The van der Waals surface area contributed by atoms with E-state index in [1.54, 1.807) is 22.3 Å². The van der Waals surface area contributed by atoms with Gasteiger partial charge in [0, 0.05) is 0 Å². The Morgan fingerprint density at radius 3 is 1.97 bits per heavy atom. The first-order chi connectivity index (χ1) is 14.6. The van der Waals surface area contributed by atoms with Crippen LogP contribution in [0.15, 0.2) is 62.5 Å². The van der Waals surface area contributed by atoms with Crippen molar-refractivity contribution in [3.8, 4) is 0 Å². The van der Waals surface area contributed by atoms with Gasteiger partial charge in [0.15, 0.2) is 0 Å². The first-order valence-electron chi connectivity index (χ1n) is 11.6. The standard InChI is InChI=1S/C18H17.C9H13.C2H6Si.2ClH.Zr/c1-12-8-10-16(14(3)13(12)2)18-11-9-15-6-4-5-7-17(15)18;1-6-5-7(2)9(4)8(6)3;1-3-2;;;/h4-11H,1-3H3;6H,1-4H3;1-2H3;2*1H;. The molecule has 0 radical (unpaired) electrons. The number of rotatable bonds is 3. The Morgan fingerprint density at radius 2 is 1.39 bits per heavy atom. The van der Waals surface area contributed by atoms with Crippen LogP contribution in [0, 0.1) is 26.7 Å². The number of benzene rings is 2. The number of hydrogen-bond acceptors (Lipinski definition) is 0. The van der Waals surface area contributed by atoms with E-state index in [0.717, 1.165) is 0 Å². The maximum Gasteiger partial charge on any atom is -0.147 e. The number of hydrogen-bond donors (Lipinski definition) is 0. The minimum Gasteiger partial charge on any atom is -0.147 e. The zero-order chi connectivity index (χ0) is 22.6. The molecule has 33 heavy (non-hydrogen) atoms. The molecule has 0 spiro atoms. The molecule has 0 nitrogen and oxygen atoms in total. The summed E-state index contributed by atoms with van der Waals surface area (Å²) in [6.45, 7) is 21.7. The Hall–Kier alpha value is -0.660. The second-order valence-electron chi connectivity index (χ2n) is 9.81. The van der Waals surface area contributed by atoms with Gasteiger partial charge in [0.2, 0.25) is 0 Å². The Bertz CT molecular complexity index is 1230. The molecule has 2 aromatic carbocycles. The number of fused-ring (bicyclic) bond motifs is 1. The van der Waals surface area contributed by atoms with E-state index in [1.807, 2.05) is 3.28 Å². The minimum atomic E-state index is -1.93. The van der Waals surface area contributed by atoms with E-state index in [2.05, 4.69) is 104 Å². The van der Waals surface area contributed by atoms with Crippen molar-refractivity contribution in [3.63, 3.8) is 0 Å². The van der Waals surface area contributed by atoms with Crippen LogP contribution in [-0.2, 0) is 20.4 Å². The van der Waals surface area contributed by atoms with Gasteiger partial charge < -0.3 is 0 Å². The zero-order valence-electron chi connectivity index (χ0n) is 21.5.